The quantitative estimate of drug-likeness (QED) is 0.688. The van der Waals surface area contributed by atoms with E-state index in [2.05, 4.69) is 25.6 Å². The first kappa shape index (κ1) is 14.4. The second-order valence-corrected chi connectivity index (χ2v) is 7.00. The average molecular weight is 388 g/mol. The number of fused-ring (bicyclic) bond motifs is 1. The number of halogens is 2. The summed E-state index contributed by atoms with van der Waals surface area (Å²) in [6.45, 7) is 0. The molecule has 0 unspecified atom stereocenters. The van der Waals surface area contributed by atoms with Crippen LogP contribution in [-0.2, 0) is 10.0 Å². The predicted octanol–water partition coefficient (Wildman–Crippen LogP) is 4.04. The van der Waals surface area contributed by atoms with Gasteiger partial charge in [0.25, 0.3) is 10.0 Å². The summed E-state index contributed by atoms with van der Waals surface area (Å²) in [4.78, 5) is 3.93. The van der Waals surface area contributed by atoms with E-state index in [9.17, 15) is 8.42 Å². The first-order valence-electron chi connectivity index (χ1n) is 5.78. The summed E-state index contributed by atoms with van der Waals surface area (Å²) in [7, 11) is -3.86. The lowest BCUT2D eigenvalue weighted by atomic mass is 10.3. The van der Waals surface area contributed by atoms with Gasteiger partial charge in [0.2, 0.25) is 5.09 Å². The molecule has 0 saturated heterocycles. The van der Waals surface area contributed by atoms with Crippen molar-refractivity contribution in [2.24, 2.45) is 0 Å². The zero-order valence-electron chi connectivity index (χ0n) is 10.4. The molecule has 1 aromatic carbocycles. The highest BCUT2D eigenvalue weighted by atomic mass is 79.9. The number of benzene rings is 1. The highest BCUT2D eigenvalue weighted by Crippen LogP contribution is 2.28. The van der Waals surface area contributed by atoms with Crippen LogP contribution in [0.1, 0.15) is 0 Å². The maximum absolute atomic E-state index is 12.3. The minimum absolute atomic E-state index is 0.171. The SMILES string of the molecule is O=S(=O)(Nc1cc(Cl)cnc1Br)c1cc2ccccc2o1. The second kappa shape index (κ2) is 5.32. The van der Waals surface area contributed by atoms with Crippen LogP contribution in [0.2, 0.25) is 5.02 Å². The smallest absolute Gasteiger partial charge is 0.295 e. The minimum atomic E-state index is -3.86. The summed E-state index contributed by atoms with van der Waals surface area (Å²) in [5.74, 6) is 0. The van der Waals surface area contributed by atoms with E-state index in [-0.39, 0.29) is 10.8 Å². The molecule has 5 nitrogen and oxygen atoms in total. The van der Waals surface area contributed by atoms with Crippen LogP contribution in [0.4, 0.5) is 5.69 Å². The molecule has 21 heavy (non-hydrogen) atoms. The highest BCUT2D eigenvalue weighted by molar-refractivity contribution is 9.10. The molecular weight excluding hydrogens is 380 g/mol. The molecule has 0 amide bonds. The molecule has 3 aromatic rings. The van der Waals surface area contributed by atoms with E-state index in [1.54, 1.807) is 24.3 Å². The topological polar surface area (TPSA) is 72.2 Å². The van der Waals surface area contributed by atoms with Gasteiger partial charge < -0.3 is 4.42 Å². The van der Waals surface area contributed by atoms with Crippen molar-refractivity contribution in [3.05, 3.63) is 52.2 Å². The van der Waals surface area contributed by atoms with E-state index in [1.165, 1.54) is 18.3 Å². The van der Waals surface area contributed by atoms with Gasteiger partial charge in [0.1, 0.15) is 10.2 Å². The van der Waals surface area contributed by atoms with Gasteiger partial charge in [0.05, 0.1) is 10.7 Å². The molecule has 0 radical (unpaired) electrons. The molecule has 0 atom stereocenters. The van der Waals surface area contributed by atoms with Crippen molar-refractivity contribution >= 4 is 54.2 Å². The molecule has 0 aliphatic heterocycles. The number of sulfonamides is 1. The third-order valence-corrected chi connectivity index (χ3v) is 4.78. The van der Waals surface area contributed by atoms with Gasteiger partial charge >= 0.3 is 0 Å². The van der Waals surface area contributed by atoms with Crippen LogP contribution in [0.15, 0.2) is 56.7 Å². The van der Waals surface area contributed by atoms with Gasteiger partial charge in [-0.2, -0.15) is 8.42 Å². The molecular formula is C13H8BrClN2O3S. The zero-order valence-corrected chi connectivity index (χ0v) is 13.5. The Kier molecular flexibility index (Phi) is 3.64. The first-order valence-corrected chi connectivity index (χ1v) is 8.43. The molecule has 2 aromatic heterocycles. The van der Waals surface area contributed by atoms with Crippen molar-refractivity contribution in [1.82, 2.24) is 4.98 Å². The predicted molar refractivity (Wildman–Crippen MR) is 84.0 cm³/mol. The molecule has 0 aliphatic rings. The Morgan fingerprint density at radius 1 is 1.24 bits per heavy atom. The van der Waals surface area contributed by atoms with E-state index < -0.39 is 10.0 Å². The summed E-state index contributed by atoms with van der Waals surface area (Å²) in [6.07, 6.45) is 1.41. The Morgan fingerprint density at radius 2 is 2.00 bits per heavy atom. The van der Waals surface area contributed by atoms with Crippen LogP contribution in [0.3, 0.4) is 0 Å². The fourth-order valence-electron chi connectivity index (χ4n) is 1.78. The average Bonchev–Trinajstić information content (AvgIpc) is 2.87. The third-order valence-electron chi connectivity index (χ3n) is 2.72. The molecule has 0 bridgehead atoms. The maximum atomic E-state index is 12.3. The van der Waals surface area contributed by atoms with Crippen LogP contribution in [0.25, 0.3) is 11.0 Å². The molecule has 3 rings (SSSR count). The minimum Gasteiger partial charge on any atom is -0.443 e. The van der Waals surface area contributed by atoms with Crippen LogP contribution in [0.5, 0.6) is 0 Å². The van der Waals surface area contributed by atoms with Crippen molar-refractivity contribution < 1.29 is 12.8 Å². The number of rotatable bonds is 3. The van der Waals surface area contributed by atoms with Crippen molar-refractivity contribution in [3.63, 3.8) is 0 Å². The van der Waals surface area contributed by atoms with Crippen LogP contribution < -0.4 is 4.72 Å². The number of pyridine rings is 1. The number of hydrogen-bond acceptors (Lipinski definition) is 4. The molecule has 2 heterocycles. The van der Waals surface area contributed by atoms with Gasteiger partial charge in [0, 0.05) is 17.6 Å². The van der Waals surface area contributed by atoms with Crippen LogP contribution >= 0.6 is 27.5 Å². The lowest BCUT2D eigenvalue weighted by Gasteiger charge is -2.07. The molecule has 8 heteroatoms. The lowest BCUT2D eigenvalue weighted by Crippen LogP contribution is -2.12. The van der Waals surface area contributed by atoms with Gasteiger partial charge in [-0.3, -0.25) is 4.72 Å². The van der Waals surface area contributed by atoms with E-state index in [1.807, 2.05) is 0 Å². The fraction of sp³-hybridized carbons (Fsp3) is 0. The third kappa shape index (κ3) is 2.90. The lowest BCUT2D eigenvalue weighted by molar-refractivity contribution is 0.484. The van der Waals surface area contributed by atoms with Crippen molar-refractivity contribution in [3.8, 4) is 0 Å². The molecule has 0 saturated carbocycles. The van der Waals surface area contributed by atoms with Gasteiger partial charge in [0.15, 0.2) is 0 Å². The number of furan rings is 1. The van der Waals surface area contributed by atoms with E-state index >= 15 is 0 Å². The number of nitrogens with zero attached hydrogens (tertiary/aromatic N) is 1. The van der Waals surface area contributed by atoms with Crippen molar-refractivity contribution in [2.75, 3.05) is 4.72 Å². The molecule has 108 valence electrons. The maximum Gasteiger partial charge on any atom is 0.295 e. The molecule has 0 fully saturated rings. The van der Waals surface area contributed by atoms with E-state index in [0.29, 0.717) is 20.6 Å². The normalized spacial score (nSPS) is 11.7. The van der Waals surface area contributed by atoms with Crippen molar-refractivity contribution in [2.45, 2.75) is 5.09 Å². The Hall–Kier alpha value is -1.57. The fourth-order valence-corrected chi connectivity index (χ4v) is 3.41. The Morgan fingerprint density at radius 3 is 2.76 bits per heavy atom. The van der Waals surface area contributed by atoms with E-state index in [0.717, 1.165) is 0 Å². The molecule has 0 spiro atoms. The highest BCUT2D eigenvalue weighted by Gasteiger charge is 2.21. The summed E-state index contributed by atoms with van der Waals surface area (Å²) < 4.78 is 32.8. The van der Waals surface area contributed by atoms with Crippen LogP contribution in [-0.4, -0.2) is 13.4 Å². The Balaban J connectivity index is 2.02. The Bertz CT molecular complexity index is 891. The molecule has 1 N–H and O–H groups in total. The number of nitrogens with one attached hydrogen (secondary N) is 1. The summed E-state index contributed by atoms with van der Waals surface area (Å²) in [5, 5.41) is 0.859. The van der Waals surface area contributed by atoms with Gasteiger partial charge in [-0.15, -0.1) is 0 Å². The molecule has 0 aliphatic carbocycles. The second-order valence-electron chi connectivity index (χ2n) is 4.20. The van der Waals surface area contributed by atoms with Gasteiger partial charge in [-0.25, -0.2) is 4.98 Å². The standard InChI is InChI=1S/C13H8BrClN2O3S/c14-13-10(6-9(15)7-16-13)17-21(18,19)12-5-8-3-1-2-4-11(8)20-12/h1-7,17H. The Labute approximate surface area is 134 Å². The van der Waals surface area contributed by atoms with Gasteiger partial charge in [-0.1, -0.05) is 29.8 Å². The van der Waals surface area contributed by atoms with Gasteiger partial charge in [-0.05, 0) is 28.1 Å². The van der Waals surface area contributed by atoms with E-state index in [4.69, 9.17) is 16.0 Å². The monoisotopic (exact) mass is 386 g/mol. The first-order chi connectivity index (χ1) is 9.95. The largest absolute Gasteiger partial charge is 0.443 e. The summed E-state index contributed by atoms with van der Waals surface area (Å²) >= 11 is 8.98. The summed E-state index contributed by atoms with van der Waals surface area (Å²) in [5.41, 5.74) is 0.740. The zero-order chi connectivity index (χ0) is 15.0. The number of aromatic nitrogens is 1. The number of hydrogen-bond donors (Lipinski definition) is 1. The van der Waals surface area contributed by atoms with Crippen LogP contribution in [0, 0.1) is 0 Å². The van der Waals surface area contributed by atoms with Crippen molar-refractivity contribution in [1.29, 1.82) is 0 Å². The number of anilines is 1. The summed E-state index contributed by atoms with van der Waals surface area (Å²) in [6, 6.07) is 9.97. The number of para-hydroxylation sites is 1.